The van der Waals surface area contributed by atoms with Crippen molar-refractivity contribution in [3.05, 3.63) is 54.1 Å². The van der Waals surface area contributed by atoms with Gasteiger partial charge in [0, 0.05) is 39.2 Å². The van der Waals surface area contributed by atoms with Gasteiger partial charge in [0.1, 0.15) is 13.2 Å². The zero-order chi connectivity index (χ0) is 33.9. The van der Waals surface area contributed by atoms with Gasteiger partial charge in [0.2, 0.25) is 15.9 Å². The summed E-state index contributed by atoms with van der Waals surface area (Å²) in [6.07, 6.45) is -1.14. The molecule has 0 spiro atoms. The van der Waals surface area contributed by atoms with Gasteiger partial charge in [-0.2, -0.15) is 4.31 Å². The molecule has 2 aromatic carbocycles. The number of carbonyl (C=O) groups excluding carboxylic acids is 2. The van der Waals surface area contributed by atoms with Crippen LogP contribution in [0.2, 0.25) is 0 Å². The first-order valence-electron chi connectivity index (χ1n) is 15.6. The van der Waals surface area contributed by atoms with Crippen LogP contribution in [0.1, 0.15) is 46.6 Å². The van der Waals surface area contributed by atoms with Gasteiger partial charge >= 0.3 is 0 Å². The van der Waals surface area contributed by atoms with Crippen LogP contribution >= 0.6 is 0 Å². The quantitative estimate of drug-likeness (QED) is 0.182. The minimum Gasteiger partial charge on any atom is -0.486 e. The molecule has 1 heterocycles. The van der Waals surface area contributed by atoms with E-state index >= 15 is 0 Å². The normalized spacial score (nSPS) is 14.6. The van der Waals surface area contributed by atoms with Crippen molar-refractivity contribution in [2.75, 3.05) is 53.1 Å². The first kappa shape index (κ1) is 37.2. The molecule has 0 saturated carbocycles. The molecule has 13 heteroatoms. The number of rotatable bonds is 16. The fourth-order valence-electron chi connectivity index (χ4n) is 5.02. The number of amides is 2. The summed E-state index contributed by atoms with van der Waals surface area (Å²) in [7, 11) is -2.56. The molecule has 0 aromatic heterocycles. The summed E-state index contributed by atoms with van der Waals surface area (Å²) in [6, 6.07) is 12.7. The molecule has 0 bridgehead atoms. The van der Waals surface area contributed by atoms with Crippen LogP contribution in [0, 0.1) is 11.3 Å². The number of aliphatic hydroxyl groups excluding tert-OH is 1. The first-order chi connectivity index (χ1) is 21.7. The molecule has 46 heavy (non-hydrogen) atoms. The van der Waals surface area contributed by atoms with Crippen molar-refractivity contribution in [2.24, 2.45) is 11.3 Å². The number of benzene rings is 2. The first-order valence-corrected chi connectivity index (χ1v) is 17.1. The Morgan fingerprint density at radius 3 is 2.33 bits per heavy atom. The molecule has 1 aliphatic heterocycles. The Morgan fingerprint density at radius 1 is 1.02 bits per heavy atom. The van der Waals surface area contributed by atoms with Crippen molar-refractivity contribution in [3.63, 3.8) is 0 Å². The second-order valence-corrected chi connectivity index (χ2v) is 15.0. The van der Waals surface area contributed by atoms with Crippen molar-refractivity contribution < 1.29 is 37.3 Å². The van der Waals surface area contributed by atoms with Gasteiger partial charge in [-0.25, -0.2) is 13.4 Å². The van der Waals surface area contributed by atoms with Crippen molar-refractivity contribution in [3.8, 4) is 11.5 Å². The standard InChI is InChI=1S/C33H50N4O8S/c1-24(2)22-36(46(41,42)26-12-13-29-30(19-26)45-17-16-44-29)23-28(38)27(18-25-10-8-7-9-11-25)37(32(40)20-33(3,4)5)35-31(39)21-34-14-15-43-6/h7-13,19,24,27-28,34,38H,14-18,20-23H2,1-6H3,(H,35,39)/t27-,28+/m0/s1. The molecule has 256 valence electrons. The zero-order valence-electron chi connectivity index (χ0n) is 27.8. The summed E-state index contributed by atoms with van der Waals surface area (Å²) in [5, 5.41) is 16.1. The fraction of sp³-hybridized carbons (Fsp3) is 0.576. The van der Waals surface area contributed by atoms with Gasteiger partial charge < -0.3 is 24.6 Å². The number of methoxy groups -OCH3 is 1. The maximum atomic E-state index is 14.1. The lowest BCUT2D eigenvalue weighted by molar-refractivity contribution is -0.149. The topological polar surface area (TPSA) is 147 Å². The van der Waals surface area contributed by atoms with Gasteiger partial charge in [0.25, 0.3) is 5.91 Å². The summed E-state index contributed by atoms with van der Waals surface area (Å²) in [4.78, 5) is 26.9. The van der Waals surface area contributed by atoms with Gasteiger partial charge in [-0.05, 0) is 35.4 Å². The second kappa shape index (κ2) is 17.1. The van der Waals surface area contributed by atoms with Crippen LogP contribution in [-0.2, 0) is 30.8 Å². The molecule has 1 aliphatic rings. The molecule has 3 N–H and O–H groups in total. The fourth-order valence-corrected chi connectivity index (χ4v) is 6.65. The predicted molar refractivity (Wildman–Crippen MR) is 175 cm³/mol. The molecule has 0 saturated heterocycles. The number of hydrazine groups is 1. The summed E-state index contributed by atoms with van der Waals surface area (Å²) in [5.74, 6) is -0.165. The summed E-state index contributed by atoms with van der Waals surface area (Å²) in [5.41, 5.74) is 3.10. The number of ether oxygens (including phenoxy) is 3. The van der Waals surface area contributed by atoms with E-state index in [1.807, 2.05) is 65.0 Å². The Hall–Kier alpha value is -3.23. The maximum absolute atomic E-state index is 14.1. The molecule has 2 aromatic rings. The Kier molecular flexibility index (Phi) is 13.8. The zero-order valence-corrected chi connectivity index (χ0v) is 28.6. The number of hydrogen-bond donors (Lipinski definition) is 3. The van der Waals surface area contributed by atoms with Crippen molar-refractivity contribution >= 4 is 21.8 Å². The molecule has 0 unspecified atom stereocenters. The summed E-state index contributed by atoms with van der Waals surface area (Å²) in [6.45, 7) is 10.7. The van der Waals surface area contributed by atoms with E-state index in [9.17, 15) is 23.1 Å². The lowest BCUT2D eigenvalue weighted by Gasteiger charge is -2.38. The SMILES string of the molecule is COCCNCC(=O)NN(C(=O)CC(C)(C)C)[C@@H](Cc1ccccc1)[C@H](O)CN(CC(C)C)S(=O)(=O)c1ccc2c(c1)OCCO2. The molecule has 3 rings (SSSR count). The largest absolute Gasteiger partial charge is 0.486 e. The Bertz CT molecular complexity index is 1380. The number of fused-ring (bicyclic) bond motifs is 1. The van der Waals surface area contributed by atoms with Gasteiger partial charge in [-0.3, -0.25) is 15.0 Å². The van der Waals surface area contributed by atoms with E-state index in [0.717, 1.165) is 5.56 Å². The third kappa shape index (κ3) is 11.2. The predicted octanol–water partition coefficient (Wildman–Crippen LogP) is 2.61. The highest BCUT2D eigenvalue weighted by atomic mass is 32.2. The Labute approximate surface area is 273 Å². The van der Waals surface area contributed by atoms with Crippen LogP contribution < -0.4 is 20.2 Å². The number of sulfonamides is 1. The number of nitrogens with one attached hydrogen (secondary N) is 2. The second-order valence-electron chi connectivity index (χ2n) is 13.1. The molecule has 0 fully saturated rings. The number of carbonyl (C=O) groups is 2. The van der Waals surface area contributed by atoms with Crippen LogP contribution in [-0.4, -0.2) is 99.9 Å². The van der Waals surface area contributed by atoms with Gasteiger partial charge in [0.15, 0.2) is 11.5 Å². The highest BCUT2D eigenvalue weighted by molar-refractivity contribution is 7.89. The Morgan fingerprint density at radius 2 is 1.70 bits per heavy atom. The van der Waals surface area contributed by atoms with E-state index in [-0.39, 0.29) is 43.3 Å². The number of hydrogen-bond acceptors (Lipinski definition) is 9. The van der Waals surface area contributed by atoms with Gasteiger partial charge in [-0.15, -0.1) is 0 Å². The molecular weight excluding hydrogens is 612 g/mol. The third-order valence-corrected chi connectivity index (χ3v) is 8.97. The van der Waals surface area contributed by atoms with E-state index in [4.69, 9.17) is 14.2 Å². The van der Waals surface area contributed by atoms with Crippen LogP contribution in [0.3, 0.4) is 0 Å². The average molecular weight is 663 g/mol. The maximum Gasteiger partial charge on any atom is 0.252 e. The Balaban J connectivity index is 1.99. The molecule has 12 nitrogen and oxygen atoms in total. The molecule has 2 amide bonds. The number of aliphatic hydroxyl groups is 1. The van der Waals surface area contributed by atoms with Gasteiger partial charge in [-0.1, -0.05) is 65.0 Å². The van der Waals surface area contributed by atoms with E-state index in [1.54, 1.807) is 13.2 Å². The molecule has 0 radical (unpaired) electrons. The van der Waals surface area contributed by atoms with Crippen LogP contribution in [0.25, 0.3) is 0 Å². The van der Waals surface area contributed by atoms with Crippen molar-refractivity contribution in [2.45, 2.75) is 64.5 Å². The summed E-state index contributed by atoms with van der Waals surface area (Å²) < 4.78 is 45.6. The molecular formula is C33H50N4O8S. The van der Waals surface area contributed by atoms with Gasteiger partial charge in [0.05, 0.1) is 30.2 Å². The van der Waals surface area contributed by atoms with Crippen LogP contribution in [0.4, 0.5) is 0 Å². The van der Waals surface area contributed by atoms with E-state index in [1.165, 1.54) is 21.4 Å². The monoisotopic (exact) mass is 662 g/mol. The average Bonchev–Trinajstić information content (AvgIpc) is 2.99. The van der Waals surface area contributed by atoms with Crippen LogP contribution in [0.15, 0.2) is 53.4 Å². The van der Waals surface area contributed by atoms with E-state index < -0.39 is 39.4 Å². The highest BCUT2D eigenvalue weighted by Gasteiger charge is 2.37. The van der Waals surface area contributed by atoms with E-state index in [0.29, 0.717) is 37.9 Å². The summed E-state index contributed by atoms with van der Waals surface area (Å²) >= 11 is 0. The minimum absolute atomic E-state index is 0.000287. The van der Waals surface area contributed by atoms with E-state index in [2.05, 4.69) is 10.7 Å². The van der Waals surface area contributed by atoms with Crippen molar-refractivity contribution in [1.29, 1.82) is 0 Å². The minimum atomic E-state index is -4.12. The molecule has 0 aliphatic carbocycles. The lowest BCUT2D eigenvalue weighted by Crippen LogP contribution is -2.60. The number of nitrogens with zero attached hydrogens (tertiary/aromatic N) is 2. The highest BCUT2D eigenvalue weighted by Crippen LogP contribution is 2.33. The lowest BCUT2D eigenvalue weighted by atomic mass is 9.91. The van der Waals surface area contributed by atoms with Crippen LogP contribution in [0.5, 0.6) is 11.5 Å². The smallest absolute Gasteiger partial charge is 0.252 e. The third-order valence-electron chi connectivity index (χ3n) is 7.14. The molecule has 2 atom stereocenters. The van der Waals surface area contributed by atoms with Crippen molar-refractivity contribution in [1.82, 2.24) is 20.1 Å².